The second-order valence-electron chi connectivity index (χ2n) is 10.4. The number of amides is 2. The first kappa shape index (κ1) is 29.8. The Bertz CT molecular complexity index is 1400. The maximum atomic E-state index is 13.4. The van der Waals surface area contributed by atoms with Gasteiger partial charge in [0.05, 0.1) is 23.8 Å². The summed E-state index contributed by atoms with van der Waals surface area (Å²) in [6, 6.07) is 13.9. The maximum Gasteiger partial charge on any atom is 0.416 e. The molecule has 2 amide bonds. The third-order valence-electron chi connectivity index (χ3n) is 7.48. The number of halogens is 4. The van der Waals surface area contributed by atoms with Crippen LogP contribution in [-0.2, 0) is 22.3 Å². The Hall–Kier alpha value is -3.67. The van der Waals surface area contributed by atoms with Crippen molar-refractivity contribution >= 4 is 23.4 Å². The molecule has 3 aliphatic heterocycles. The molecular formula is C30H30ClF3N4O4. The van der Waals surface area contributed by atoms with Crippen LogP contribution in [0.15, 0.2) is 66.9 Å². The van der Waals surface area contributed by atoms with E-state index >= 15 is 0 Å². The lowest BCUT2D eigenvalue weighted by atomic mass is 9.84. The molecule has 12 heteroatoms. The molecule has 3 fully saturated rings. The van der Waals surface area contributed by atoms with Gasteiger partial charge in [0.25, 0.3) is 5.91 Å². The summed E-state index contributed by atoms with van der Waals surface area (Å²) in [6.45, 7) is 2.95. The Balaban J connectivity index is 1.30. The van der Waals surface area contributed by atoms with E-state index in [0.29, 0.717) is 5.92 Å². The summed E-state index contributed by atoms with van der Waals surface area (Å²) < 4.78 is 50.6. The average molecular weight is 603 g/mol. The first-order valence-electron chi connectivity index (χ1n) is 13.6. The van der Waals surface area contributed by atoms with Crippen molar-refractivity contribution < 1.29 is 32.2 Å². The summed E-state index contributed by atoms with van der Waals surface area (Å²) in [5.74, 6) is -0.947. The van der Waals surface area contributed by atoms with Gasteiger partial charge in [-0.25, -0.2) is 4.98 Å². The molecule has 222 valence electrons. The third-order valence-corrected chi connectivity index (χ3v) is 7.78. The molecule has 4 heterocycles. The molecule has 1 unspecified atom stereocenters. The number of rotatable bonds is 10. The van der Waals surface area contributed by atoms with Gasteiger partial charge in [0, 0.05) is 18.8 Å². The van der Waals surface area contributed by atoms with Gasteiger partial charge in [-0.2, -0.15) is 13.2 Å². The van der Waals surface area contributed by atoms with E-state index in [0.717, 1.165) is 56.2 Å². The molecule has 1 aromatic heterocycles. The molecule has 0 spiro atoms. The molecule has 2 bridgehead atoms. The lowest BCUT2D eigenvalue weighted by Crippen LogP contribution is -2.60. The van der Waals surface area contributed by atoms with Crippen molar-refractivity contribution in [2.24, 2.45) is 5.92 Å². The number of nitrogens with one attached hydrogen (secondary N) is 2. The van der Waals surface area contributed by atoms with E-state index in [1.165, 1.54) is 18.3 Å². The van der Waals surface area contributed by atoms with Gasteiger partial charge in [-0.05, 0) is 67.7 Å². The largest absolute Gasteiger partial charge is 0.437 e. The zero-order valence-corrected chi connectivity index (χ0v) is 23.3. The highest BCUT2D eigenvalue weighted by Crippen LogP contribution is 2.36. The standard InChI is InChI=1S/C30H30ClF3N4O4/c31-23-15-21(30(32,33)34)8-9-26(23)42-29-22(7-4-12-35-29)27(39)37-25(18-41-17-19-5-2-1-3-6-19)28(40)36-24-16-38-13-10-20(24)11-14-38/h1-9,12,15,20,24-25H,10-11,13-14,16-18H2,(H,36,40)(H,37,39)/t24-,25?/m0/s1. The molecule has 3 aromatic rings. The number of hydrogen-bond donors (Lipinski definition) is 2. The summed E-state index contributed by atoms with van der Waals surface area (Å²) in [6.07, 6.45) is -1.19. The Morgan fingerprint density at radius 1 is 1.07 bits per heavy atom. The van der Waals surface area contributed by atoms with Crippen LogP contribution in [0.3, 0.4) is 0 Å². The SMILES string of the molecule is O=C(NC(COCc1ccccc1)C(=O)N[C@H]1CN2CCC1CC2)c1cccnc1Oc1ccc(C(F)(F)F)cc1Cl. The van der Waals surface area contributed by atoms with Crippen LogP contribution in [0, 0.1) is 5.92 Å². The highest BCUT2D eigenvalue weighted by atomic mass is 35.5. The first-order chi connectivity index (χ1) is 20.2. The van der Waals surface area contributed by atoms with Gasteiger partial charge < -0.3 is 25.0 Å². The van der Waals surface area contributed by atoms with Crippen molar-refractivity contribution in [1.82, 2.24) is 20.5 Å². The summed E-state index contributed by atoms with van der Waals surface area (Å²) in [5.41, 5.74) is -0.0555. The molecule has 2 atom stereocenters. The van der Waals surface area contributed by atoms with E-state index in [4.69, 9.17) is 21.1 Å². The molecule has 2 aromatic carbocycles. The van der Waals surface area contributed by atoms with Gasteiger partial charge in [0.2, 0.25) is 11.8 Å². The quantitative estimate of drug-likeness (QED) is 0.337. The van der Waals surface area contributed by atoms with Gasteiger partial charge in [-0.1, -0.05) is 41.9 Å². The Kier molecular flexibility index (Phi) is 9.30. The van der Waals surface area contributed by atoms with Gasteiger partial charge in [0.1, 0.15) is 17.4 Å². The van der Waals surface area contributed by atoms with Gasteiger partial charge in [0.15, 0.2) is 0 Å². The van der Waals surface area contributed by atoms with Crippen LogP contribution >= 0.6 is 11.6 Å². The van der Waals surface area contributed by atoms with Crippen molar-refractivity contribution in [3.8, 4) is 11.6 Å². The van der Waals surface area contributed by atoms with E-state index < -0.39 is 23.7 Å². The summed E-state index contributed by atoms with van der Waals surface area (Å²) in [5, 5.41) is 5.54. The molecule has 6 rings (SSSR count). The molecule has 2 N–H and O–H groups in total. The number of pyridine rings is 1. The van der Waals surface area contributed by atoms with Gasteiger partial charge in [-0.3, -0.25) is 9.59 Å². The predicted molar refractivity (Wildman–Crippen MR) is 149 cm³/mol. The Morgan fingerprint density at radius 2 is 1.83 bits per heavy atom. The lowest BCUT2D eigenvalue weighted by molar-refractivity contribution is -0.137. The number of hydrogen-bond acceptors (Lipinski definition) is 6. The summed E-state index contributed by atoms with van der Waals surface area (Å²) in [7, 11) is 0. The fraction of sp³-hybridized carbons (Fsp3) is 0.367. The number of nitrogens with zero attached hydrogens (tertiary/aromatic N) is 2. The zero-order valence-electron chi connectivity index (χ0n) is 22.6. The normalized spacial score (nSPS) is 20.5. The molecule has 3 saturated heterocycles. The van der Waals surface area contributed by atoms with E-state index in [-0.39, 0.29) is 47.4 Å². The van der Waals surface area contributed by atoms with Crippen molar-refractivity contribution in [1.29, 1.82) is 0 Å². The van der Waals surface area contributed by atoms with E-state index in [9.17, 15) is 22.8 Å². The number of carbonyl (C=O) groups is 2. The number of piperidine rings is 3. The Morgan fingerprint density at radius 3 is 2.50 bits per heavy atom. The lowest BCUT2D eigenvalue weighted by Gasteiger charge is -2.45. The van der Waals surface area contributed by atoms with Crippen LogP contribution in [0.1, 0.15) is 34.3 Å². The third kappa shape index (κ3) is 7.39. The number of alkyl halides is 3. The second kappa shape index (κ2) is 13.1. The molecule has 0 aliphatic carbocycles. The van der Waals surface area contributed by atoms with Gasteiger partial charge >= 0.3 is 6.18 Å². The summed E-state index contributed by atoms with van der Waals surface area (Å²) in [4.78, 5) is 33.3. The van der Waals surface area contributed by atoms with Crippen molar-refractivity contribution in [2.45, 2.75) is 37.7 Å². The van der Waals surface area contributed by atoms with Crippen molar-refractivity contribution in [3.63, 3.8) is 0 Å². The topological polar surface area (TPSA) is 92.8 Å². The first-order valence-corrected chi connectivity index (χ1v) is 14.0. The average Bonchev–Trinajstić information content (AvgIpc) is 2.98. The van der Waals surface area contributed by atoms with E-state index in [2.05, 4.69) is 20.5 Å². The molecule has 3 aliphatic rings. The van der Waals surface area contributed by atoms with Gasteiger partial charge in [-0.15, -0.1) is 0 Å². The Labute approximate surface area is 246 Å². The van der Waals surface area contributed by atoms with Crippen LogP contribution in [-0.4, -0.2) is 60.0 Å². The second-order valence-corrected chi connectivity index (χ2v) is 10.8. The minimum atomic E-state index is -4.58. The van der Waals surface area contributed by atoms with E-state index in [1.54, 1.807) is 0 Å². The number of benzene rings is 2. The molecular weight excluding hydrogens is 573 g/mol. The molecule has 8 nitrogen and oxygen atoms in total. The summed E-state index contributed by atoms with van der Waals surface area (Å²) >= 11 is 6.04. The van der Waals surface area contributed by atoms with Crippen LogP contribution in [0.5, 0.6) is 11.6 Å². The fourth-order valence-corrected chi connectivity index (χ4v) is 5.43. The van der Waals surface area contributed by atoms with Crippen LogP contribution in [0.4, 0.5) is 13.2 Å². The maximum absolute atomic E-state index is 13.4. The smallest absolute Gasteiger partial charge is 0.416 e. The zero-order chi connectivity index (χ0) is 29.7. The van der Waals surface area contributed by atoms with Crippen LogP contribution in [0.2, 0.25) is 5.02 Å². The van der Waals surface area contributed by atoms with E-state index in [1.807, 2.05) is 30.3 Å². The molecule has 0 radical (unpaired) electrons. The van der Waals surface area contributed by atoms with Crippen LogP contribution < -0.4 is 15.4 Å². The molecule has 42 heavy (non-hydrogen) atoms. The minimum absolute atomic E-state index is 0.0207. The predicted octanol–water partition coefficient (Wildman–Crippen LogP) is 5.07. The van der Waals surface area contributed by atoms with Crippen molar-refractivity contribution in [3.05, 3.63) is 88.6 Å². The number of ether oxygens (including phenoxy) is 2. The number of fused-ring (bicyclic) bond motifs is 3. The number of aromatic nitrogens is 1. The number of carbonyl (C=O) groups excluding carboxylic acids is 2. The molecule has 0 saturated carbocycles. The highest BCUT2D eigenvalue weighted by molar-refractivity contribution is 6.32. The van der Waals surface area contributed by atoms with Crippen molar-refractivity contribution in [2.75, 3.05) is 26.2 Å². The minimum Gasteiger partial charge on any atom is -0.437 e. The van der Waals surface area contributed by atoms with Crippen LogP contribution in [0.25, 0.3) is 0 Å². The monoisotopic (exact) mass is 602 g/mol. The fourth-order valence-electron chi connectivity index (χ4n) is 5.21. The highest BCUT2D eigenvalue weighted by Gasteiger charge is 2.36.